The third-order valence-corrected chi connectivity index (χ3v) is 4.79. The molecule has 4 nitrogen and oxygen atoms in total. The number of hydrogen-bond donors (Lipinski definition) is 1. The molecule has 1 N–H and O–H groups in total. The summed E-state index contributed by atoms with van der Waals surface area (Å²) in [5, 5.41) is 3.54. The molecule has 4 rings (SSSR count). The summed E-state index contributed by atoms with van der Waals surface area (Å²) in [4.78, 5) is 14.6. The molecule has 112 valence electrons. The number of rotatable bonds is 6. The predicted molar refractivity (Wildman–Crippen MR) is 79.5 cm³/mol. The highest BCUT2D eigenvalue weighted by molar-refractivity contribution is 5.92. The van der Waals surface area contributed by atoms with Crippen molar-refractivity contribution in [3.8, 4) is 0 Å². The SMILES string of the molecule is O=C1N(CCOCC2CC2)C(c2ccccc2)NC12CC2. The number of hydrogen-bond acceptors (Lipinski definition) is 3. The number of carbonyl (C=O) groups is 1. The van der Waals surface area contributed by atoms with E-state index in [1.54, 1.807) is 0 Å². The Morgan fingerprint density at radius 2 is 2.00 bits per heavy atom. The van der Waals surface area contributed by atoms with E-state index in [-0.39, 0.29) is 17.6 Å². The lowest BCUT2D eigenvalue weighted by atomic mass is 10.1. The van der Waals surface area contributed by atoms with Gasteiger partial charge in [0, 0.05) is 13.2 Å². The minimum atomic E-state index is -0.267. The van der Waals surface area contributed by atoms with Crippen LogP contribution in [0.25, 0.3) is 0 Å². The number of nitrogens with one attached hydrogen (secondary N) is 1. The summed E-state index contributed by atoms with van der Waals surface area (Å²) in [7, 11) is 0. The molecule has 1 amide bonds. The van der Waals surface area contributed by atoms with Crippen LogP contribution in [0.2, 0.25) is 0 Å². The van der Waals surface area contributed by atoms with Crippen molar-refractivity contribution >= 4 is 5.91 Å². The summed E-state index contributed by atoms with van der Waals surface area (Å²) in [5.41, 5.74) is 0.897. The number of carbonyl (C=O) groups excluding carboxylic acids is 1. The fourth-order valence-electron chi connectivity index (χ4n) is 3.10. The molecule has 2 saturated carbocycles. The Hall–Kier alpha value is -1.39. The van der Waals surface area contributed by atoms with E-state index in [0.29, 0.717) is 13.2 Å². The number of benzene rings is 1. The van der Waals surface area contributed by atoms with E-state index < -0.39 is 0 Å². The van der Waals surface area contributed by atoms with Crippen molar-refractivity contribution in [2.75, 3.05) is 19.8 Å². The number of ether oxygens (including phenoxy) is 1. The molecule has 1 spiro atoms. The maximum Gasteiger partial charge on any atom is 0.244 e. The molecule has 1 aromatic carbocycles. The quantitative estimate of drug-likeness (QED) is 0.814. The van der Waals surface area contributed by atoms with E-state index in [0.717, 1.165) is 30.9 Å². The van der Waals surface area contributed by atoms with Gasteiger partial charge in [-0.15, -0.1) is 0 Å². The average Bonchev–Trinajstić information content (AvgIpc) is 3.41. The molecule has 1 aromatic rings. The molecule has 1 aliphatic heterocycles. The largest absolute Gasteiger partial charge is 0.379 e. The topological polar surface area (TPSA) is 41.6 Å². The maximum atomic E-state index is 12.6. The molecule has 0 bridgehead atoms. The van der Waals surface area contributed by atoms with Crippen LogP contribution in [0.4, 0.5) is 0 Å². The Morgan fingerprint density at radius 3 is 2.67 bits per heavy atom. The number of nitrogens with zero attached hydrogens (tertiary/aromatic N) is 1. The van der Waals surface area contributed by atoms with E-state index in [4.69, 9.17) is 4.74 Å². The van der Waals surface area contributed by atoms with Gasteiger partial charge in [-0.25, -0.2) is 0 Å². The molecule has 1 atom stereocenters. The van der Waals surface area contributed by atoms with Gasteiger partial charge in [0.1, 0.15) is 11.7 Å². The van der Waals surface area contributed by atoms with Crippen molar-refractivity contribution in [1.82, 2.24) is 10.2 Å². The molecule has 21 heavy (non-hydrogen) atoms. The van der Waals surface area contributed by atoms with Crippen LogP contribution in [0.1, 0.15) is 37.4 Å². The first-order chi connectivity index (χ1) is 10.3. The van der Waals surface area contributed by atoms with Gasteiger partial charge < -0.3 is 9.64 Å². The van der Waals surface area contributed by atoms with Gasteiger partial charge >= 0.3 is 0 Å². The number of amides is 1. The van der Waals surface area contributed by atoms with Gasteiger partial charge in [0.15, 0.2) is 0 Å². The molecular formula is C17H22N2O2. The zero-order valence-corrected chi connectivity index (χ0v) is 12.3. The van der Waals surface area contributed by atoms with Crippen LogP contribution in [-0.4, -0.2) is 36.1 Å². The van der Waals surface area contributed by atoms with Crippen LogP contribution < -0.4 is 5.32 Å². The summed E-state index contributed by atoms with van der Waals surface area (Å²) >= 11 is 0. The first kappa shape index (κ1) is 13.3. The minimum absolute atomic E-state index is 0.00530. The van der Waals surface area contributed by atoms with Gasteiger partial charge in [-0.2, -0.15) is 0 Å². The summed E-state index contributed by atoms with van der Waals surface area (Å²) < 4.78 is 5.72. The summed E-state index contributed by atoms with van der Waals surface area (Å²) in [6.45, 7) is 2.18. The van der Waals surface area contributed by atoms with E-state index >= 15 is 0 Å². The Balaban J connectivity index is 1.43. The van der Waals surface area contributed by atoms with Crippen molar-refractivity contribution in [1.29, 1.82) is 0 Å². The van der Waals surface area contributed by atoms with E-state index in [9.17, 15) is 4.79 Å². The van der Waals surface area contributed by atoms with Crippen LogP contribution in [-0.2, 0) is 9.53 Å². The van der Waals surface area contributed by atoms with Gasteiger partial charge in [-0.3, -0.25) is 10.1 Å². The molecule has 1 heterocycles. The van der Waals surface area contributed by atoms with Crippen molar-refractivity contribution in [3.05, 3.63) is 35.9 Å². The van der Waals surface area contributed by atoms with Crippen LogP contribution in [0.5, 0.6) is 0 Å². The molecule has 0 aromatic heterocycles. The monoisotopic (exact) mass is 286 g/mol. The Kier molecular flexibility index (Phi) is 3.23. The van der Waals surface area contributed by atoms with Crippen molar-refractivity contribution in [2.45, 2.75) is 37.4 Å². The summed E-state index contributed by atoms with van der Waals surface area (Å²) in [5.74, 6) is 1.03. The third kappa shape index (κ3) is 2.58. The van der Waals surface area contributed by atoms with E-state index in [2.05, 4.69) is 17.4 Å². The van der Waals surface area contributed by atoms with Crippen molar-refractivity contribution < 1.29 is 9.53 Å². The molecule has 1 saturated heterocycles. The Bertz CT molecular complexity index is 523. The molecule has 2 aliphatic carbocycles. The first-order valence-electron chi connectivity index (χ1n) is 8.00. The van der Waals surface area contributed by atoms with Gasteiger partial charge in [-0.1, -0.05) is 30.3 Å². The van der Waals surface area contributed by atoms with Gasteiger partial charge in [0.05, 0.1) is 6.61 Å². The summed E-state index contributed by atoms with van der Waals surface area (Å²) in [6, 6.07) is 10.2. The zero-order valence-electron chi connectivity index (χ0n) is 12.3. The van der Waals surface area contributed by atoms with Crippen LogP contribution in [0, 0.1) is 5.92 Å². The molecule has 1 unspecified atom stereocenters. The Morgan fingerprint density at radius 1 is 1.24 bits per heavy atom. The lowest BCUT2D eigenvalue weighted by Gasteiger charge is -2.24. The molecule has 4 heteroatoms. The van der Waals surface area contributed by atoms with Crippen molar-refractivity contribution in [2.24, 2.45) is 5.92 Å². The lowest BCUT2D eigenvalue weighted by Crippen LogP contribution is -2.34. The minimum Gasteiger partial charge on any atom is -0.379 e. The fraction of sp³-hybridized carbons (Fsp3) is 0.588. The molecule has 3 fully saturated rings. The molecular weight excluding hydrogens is 264 g/mol. The van der Waals surface area contributed by atoms with Crippen LogP contribution in [0.3, 0.4) is 0 Å². The fourth-order valence-corrected chi connectivity index (χ4v) is 3.10. The highest BCUT2D eigenvalue weighted by atomic mass is 16.5. The smallest absolute Gasteiger partial charge is 0.244 e. The van der Waals surface area contributed by atoms with Gasteiger partial charge in [0.25, 0.3) is 0 Å². The van der Waals surface area contributed by atoms with Crippen LogP contribution >= 0.6 is 0 Å². The summed E-state index contributed by atoms with van der Waals surface area (Å²) in [6.07, 6.45) is 4.55. The van der Waals surface area contributed by atoms with Gasteiger partial charge in [0.2, 0.25) is 5.91 Å². The maximum absolute atomic E-state index is 12.6. The molecule has 3 aliphatic rings. The second kappa shape index (κ2) is 5.11. The highest BCUT2D eigenvalue weighted by Crippen LogP contribution is 2.45. The average molecular weight is 286 g/mol. The first-order valence-corrected chi connectivity index (χ1v) is 8.00. The standard InChI is InChI=1S/C17H22N2O2/c20-16-17(8-9-17)18-15(14-4-2-1-3-5-14)19(16)10-11-21-12-13-6-7-13/h1-5,13,15,18H,6-12H2. The highest BCUT2D eigenvalue weighted by Gasteiger charge is 2.59. The second-order valence-electron chi connectivity index (χ2n) is 6.56. The van der Waals surface area contributed by atoms with Crippen molar-refractivity contribution in [3.63, 3.8) is 0 Å². The van der Waals surface area contributed by atoms with Gasteiger partial charge in [-0.05, 0) is 37.2 Å². The van der Waals surface area contributed by atoms with E-state index in [1.807, 2.05) is 23.1 Å². The third-order valence-electron chi connectivity index (χ3n) is 4.79. The molecule has 0 radical (unpaired) electrons. The second-order valence-corrected chi connectivity index (χ2v) is 6.56. The Labute approximate surface area is 125 Å². The predicted octanol–water partition coefficient (Wildman–Crippen LogP) is 2.08. The van der Waals surface area contributed by atoms with E-state index in [1.165, 1.54) is 12.8 Å². The normalized spacial score (nSPS) is 26.6. The lowest BCUT2D eigenvalue weighted by molar-refractivity contribution is -0.131. The van der Waals surface area contributed by atoms with Crippen LogP contribution in [0.15, 0.2) is 30.3 Å². The zero-order chi connectivity index (χ0) is 14.3.